The molecule has 0 aromatic heterocycles. The molecule has 2 aliphatic rings. The fourth-order valence-corrected chi connectivity index (χ4v) is 6.24. The van der Waals surface area contributed by atoms with Crippen molar-refractivity contribution in [1.82, 2.24) is 0 Å². The largest absolute Gasteiger partial charge is 0.205 e. The Hall–Kier alpha value is -1.34. The van der Waals surface area contributed by atoms with E-state index in [0.717, 1.165) is 42.1 Å². The zero-order valence-electron chi connectivity index (χ0n) is 19.8. The number of hydrogen-bond donors (Lipinski definition) is 0. The molecule has 0 aliphatic heterocycles. The predicted molar refractivity (Wildman–Crippen MR) is 135 cm³/mol. The standard InChI is InChI=1S/C30H40ClF/c1-2-22-3-5-23(6-4-22)7-8-24-11-16-27(17-12-24)28-18-13-25(14-19-28)9-10-26-15-20-29(31)30(32)21-26/h13-15,18-24,27H,2-12,16-17H2,1H3. The fraction of sp³-hybridized carbons (Fsp3) is 0.600. The lowest BCUT2D eigenvalue weighted by Crippen LogP contribution is -2.17. The molecule has 2 aromatic rings. The van der Waals surface area contributed by atoms with Crippen molar-refractivity contribution in [1.29, 1.82) is 0 Å². The quantitative estimate of drug-likeness (QED) is 0.372. The van der Waals surface area contributed by atoms with Gasteiger partial charge in [0.05, 0.1) is 5.02 Å². The van der Waals surface area contributed by atoms with E-state index in [1.54, 1.807) is 12.1 Å². The van der Waals surface area contributed by atoms with E-state index in [0.29, 0.717) is 0 Å². The smallest absolute Gasteiger partial charge is 0.142 e. The maximum Gasteiger partial charge on any atom is 0.142 e. The van der Waals surface area contributed by atoms with Gasteiger partial charge in [-0.3, -0.25) is 0 Å². The van der Waals surface area contributed by atoms with Crippen molar-refractivity contribution in [3.63, 3.8) is 0 Å². The highest BCUT2D eigenvalue weighted by Crippen LogP contribution is 2.40. The first kappa shape index (κ1) is 23.8. The van der Waals surface area contributed by atoms with Gasteiger partial charge < -0.3 is 0 Å². The minimum Gasteiger partial charge on any atom is -0.205 e. The molecule has 0 amide bonds. The summed E-state index contributed by atoms with van der Waals surface area (Å²) < 4.78 is 13.6. The number of benzene rings is 2. The summed E-state index contributed by atoms with van der Waals surface area (Å²) in [4.78, 5) is 0. The molecule has 2 aromatic carbocycles. The lowest BCUT2D eigenvalue weighted by atomic mass is 9.74. The molecule has 0 heterocycles. The molecular formula is C30H40ClF. The van der Waals surface area contributed by atoms with Gasteiger partial charge in [0.2, 0.25) is 0 Å². The minimum absolute atomic E-state index is 0.201. The van der Waals surface area contributed by atoms with Crippen LogP contribution in [0.2, 0.25) is 5.02 Å². The second kappa shape index (κ2) is 11.7. The molecule has 0 nitrogen and oxygen atoms in total. The van der Waals surface area contributed by atoms with E-state index in [1.165, 1.54) is 81.8 Å². The van der Waals surface area contributed by atoms with E-state index in [4.69, 9.17) is 11.6 Å². The van der Waals surface area contributed by atoms with E-state index in [9.17, 15) is 4.39 Å². The number of hydrogen-bond acceptors (Lipinski definition) is 0. The summed E-state index contributed by atoms with van der Waals surface area (Å²) in [5, 5.41) is 0.201. The Kier molecular flexibility index (Phi) is 8.69. The van der Waals surface area contributed by atoms with Crippen molar-refractivity contribution >= 4 is 11.6 Å². The molecule has 0 saturated heterocycles. The van der Waals surface area contributed by atoms with E-state index < -0.39 is 0 Å². The average molecular weight is 455 g/mol. The SMILES string of the molecule is CCC1CCC(CCC2CCC(c3ccc(CCc4ccc(Cl)c(F)c4)cc3)CC2)CC1. The van der Waals surface area contributed by atoms with Crippen LogP contribution in [0.3, 0.4) is 0 Å². The summed E-state index contributed by atoms with van der Waals surface area (Å²) in [5.41, 5.74) is 3.85. The van der Waals surface area contributed by atoms with Crippen molar-refractivity contribution in [2.24, 2.45) is 17.8 Å². The summed E-state index contributed by atoms with van der Waals surface area (Å²) in [5.74, 6) is 3.43. The molecule has 2 fully saturated rings. The Labute approximate surface area is 200 Å². The van der Waals surface area contributed by atoms with Crippen LogP contribution in [-0.2, 0) is 12.8 Å². The van der Waals surface area contributed by atoms with Gasteiger partial charge in [-0.2, -0.15) is 0 Å². The minimum atomic E-state index is -0.320. The summed E-state index contributed by atoms with van der Waals surface area (Å²) in [6.45, 7) is 2.36. The van der Waals surface area contributed by atoms with Crippen LogP contribution in [0, 0.1) is 23.6 Å². The van der Waals surface area contributed by atoms with Crippen molar-refractivity contribution in [3.05, 3.63) is 70.0 Å². The zero-order valence-corrected chi connectivity index (χ0v) is 20.6. The van der Waals surface area contributed by atoms with Gasteiger partial charge in [0.25, 0.3) is 0 Å². The third kappa shape index (κ3) is 6.60. The summed E-state index contributed by atoms with van der Waals surface area (Å²) >= 11 is 5.79. The first-order chi connectivity index (χ1) is 15.6. The van der Waals surface area contributed by atoms with Crippen molar-refractivity contribution in [2.75, 3.05) is 0 Å². The van der Waals surface area contributed by atoms with Gasteiger partial charge in [0.15, 0.2) is 0 Å². The van der Waals surface area contributed by atoms with Gasteiger partial charge in [-0.25, -0.2) is 4.39 Å². The molecule has 0 radical (unpaired) electrons. The van der Waals surface area contributed by atoms with Crippen LogP contribution >= 0.6 is 11.6 Å². The molecular weight excluding hydrogens is 415 g/mol. The third-order valence-corrected chi connectivity index (χ3v) is 8.82. The van der Waals surface area contributed by atoms with Crippen molar-refractivity contribution in [3.8, 4) is 0 Å². The Bertz CT molecular complexity index is 826. The lowest BCUT2D eigenvalue weighted by molar-refractivity contribution is 0.227. The molecule has 0 N–H and O–H groups in total. The average Bonchev–Trinajstić information content (AvgIpc) is 2.84. The molecule has 4 rings (SSSR count). The molecule has 0 unspecified atom stereocenters. The topological polar surface area (TPSA) is 0 Å². The summed E-state index contributed by atoms with van der Waals surface area (Å²) in [7, 11) is 0. The number of rotatable bonds is 8. The Morgan fingerprint density at radius 3 is 1.84 bits per heavy atom. The summed E-state index contributed by atoms with van der Waals surface area (Å²) in [6.07, 6.45) is 17.6. The van der Waals surface area contributed by atoms with Crippen molar-refractivity contribution < 1.29 is 4.39 Å². The van der Waals surface area contributed by atoms with Crippen LogP contribution in [0.25, 0.3) is 0 Å². The zero-order chi connectivity index (χ0) is 22.3. The van der Waals surface area contributed by atoms with Crippen LogP contribution in [0.5, 0.6) is 0 Å². The second-order valence-electron chi connectivity index (χ2n) is 10.6. The van der Waals surface area contributed by atoms with E-state index >= 15 is 0 Å². The highest BCUT2D eigenvalue weighted by atomic mass is 35.5. The second-order valence-corrected chi connectivity index (χ2v) is 11.0. The van der Waals surface area contributed by atoms with E-state index in [-0.39, 0.29) is 10.8 Å². The van der Waals surface area contributed by atoms with Crippen LogP contribution in [-0.4, -0.2) is 0 Å². The molecule has 2 aliphatic carbocycles. The van der Waals surface area contributed by atoms with Gasteiger partial charge in [0.1, 0.15) is 5.82 Å². The third-order valence-electron chi connectivity index (χ3n) is 8.51. The van der Waals surface area contributed by atoms with Crippen molar-refractivity contribution in [2.45, 2.75) is 96.3 Å². The van der Waals surface area contributed by atoms with Crippen LogP contribution in [0.15, 0.2) is 42.5 Å². The maximum absolute atomic E-state index is 13.6. The Morgan fingerprint density at radius 2 is 1.25 bits per heavy atom. The van der Waals surface area contributed by atoms with E-state index in [2.05, 4.69) is 31.2 Å². The van der Waals surface area contributed by atoms with Gasteiger partial charge in [-0.1, -0.05) is 93.8 Å². The van der Waals surface area contributed by atoms with Gasteiger partial charge in [-0.15, -0.1) is 0 Å². The normalized spacial score (nSPS) is 26.2. The first-order valence-corrected chi connectivity index (χ1v) is 13.5. The molecule has 174 valence electrons. The fourth-order valence-electron chi connectivity index (χ4n) is 6.12. The van der Waals surface area contributed by atoms with Gasteiger partial charge >= 0.3 is 0 Å². The van der Waals surface area contributed by atoms with Gasteiger partial charge in [0, 0.05) is 0 Å². The molecule has 0 bridgehead atoms. The first-order valence-electron chi connectivity index (χ1n) is 13.1. The molecule has 0 atom stereocenters. The number of aryl methyl sites for hydroxylation is 2. The maximum atomic E-state index is 13.6. The van der Waals surface area contributed by atoms with Crippen LogP contribution in [0.1, 0.15) is 100 Å². The Morgan fingerprint density at radius 1 is 0.719 bits per heavy atom. The molecule has 0 spiro atoms. The molecule has 2 saturated carbocycles. The monoisotopic (exact) mass is 454 g/mol. The Balaban J connectivity index is 1.18. The lowest BCUT2D eigenvalue weighted by Gasteiger charge is -2.32. The predicted octanol–water partition coefficient (Wildman–Crippen LogP) is 9.53. The molecule has 32 heavy (non-hydrogen) atoms. The van der Waals surface area contributed by atoms with E-state index in [1.807, 2.05) is 6.07 Å². The number of halogens is 2. The highest BCUT2D eigenvalue weighted by Gasteiger charge is 2.25. The van der Waals surface area contributed by atoms with Crippen LogP contribution < -0.4 is 0 Å². The summed E-state index contributed by atoms with van der Waals surface area (Å²) in [6, 6.07) is 14.4. The van der Waals surface area contributed by atoms with Crippen LogP contribution in [0.4, 0.5) is 4.39 Å². The van der Waals surface area contributed by atoms with Gasteiger partial charge in [-0.05, 0) is 91.0 Å². The molecule has 2 heteroatoms. The highest BCUT2D eigenvalue weighted by molar-refractivity contribution is 6.30.